The highest BCUT2D eigenvalue weighted by Crippen LogP contribution is 2.18. The predicted octanol–water partition coefficient (Wildman–Crippen LogP) is 0.361. The lowest BCUT2D eigenvalue weighted by atomic mass is 10.3. The molecule has 0 unspecified atom stereocenters. The quantitative estimate of drug-likeness (QED) is 0.567. The Balaban J connectivity index is 1.57. The number of hydrogen-bond donors (Lipinski definition) is 3. The predicted molar refractivity (Wildman–Crippen MR) is 69.5 cm³/mol. The van der Waals surface area contributed by atoms with E-state index >= 15 is 0 Å². The summed E-state index contributed by atoms with van der Waals surface area (Å²) in [5.74, 6) is 0.814. The lowest BCUT2D eigenvalue weighted by Crippen LogP contribution is -2.27. The van der Waals surface area contributed by atoms with Crippen LogP contribution >= 0.6 is 0 Å². The molecule has 1 aromatic heterocycles. The lowest BCUT2D eigenvalue weighted by molar-refractivity contribution is 0.571. The summed E-state index contributed by atoms with van der Waals surface area (Å²) in [5.41, 5.74) is 0. The normalized spacial score (nSPS) is 16.0. The molecule has 3 N–H and O–H groups in total. The molecule has 0 saturated heterocycles. The van der Waals surface area contributed by atoms with Crippen molar-refractivity contribution in [3.63, 3.8) is 0 Å². The second-order valence-corrected chi connectivity index (χ2v) is 6.54. The molecule has 102 valence electrons. The Morgan fingerprint density at radius 1 is 1.39 bits per heavy atom. The molecule has 0 atom stereocenters. The molecule has 0 spiro atoms. The molecule has 0 aliphatic heterocycles. The van der Waals surface area contributed by atoms with Crippen molar-refractivity contribution in [2.45, 2.75) is 38.3 Å². The third kappa shape index (κ3) is 5.16. The number of H-pyrrole nitrogens is 1. The lowest BCUT2D eigenvalue weighted by Gasteiger charge is -2.05. The largest absolute Gasteiger partial charge is 0.347 e. The number of imidazole rings is 1. The van der Waals surface area contributed by atoms with Gasteiger partial charge in [-0.15, -0.1) is 0 Å². The Morgan fingerprint density at radius 3 is 2.89 bits per heavy atom. The summed E-state index contributed by atoms with van der Waals surface area (Å²) in [5, 5.41) is 3.37. The number of hydrogen-bond acceptors (Lipinski definition) is 4. The molecule has 0 radical (unpaired) electrons. The molecule has 1 aliphatic carbocycles. The Morgan fingerprint density at radius 2 is 2.22 bits per heavy atom. The summed E-state index contributed by atoms with van der Waals surface area (Å²) in [4.78, 5) is 6.82. The maximum atomic E-state index is 11.7. The van der Waals surface area contributed by atoms with Crippen LogP contribution in [0, 0.1) is 0 Å². The average Bonchev–Trinajstić information content (AvgIpc) is 3.00. The number of unbranched alkanes of at least 4 members (excludes halogenated alkanes) is 1. The first-order valence-corrected chi connectivity index (χ1v) is 8.00. The summed E-state index contributed by atoms with van der Waals surface area (Å²) >= 11 is 0. The zero-order valence-corrected chi connectivity index (χ0v) is 11.2. The molecular weight excluding hydrogens is 252 g/mol. The van der Waals surface area contributed by atoms with Crippen molar-refractivity contribution in [3.8, 4) is 0 Å². The van der Waals surface area contributed by atoms with Crippen LogP contribution in [0.4, 0.5) is 0 Å². The van der Waals surface area contributed by atoms with Crippen LogP contribution in [0.25, 0.3) is 0 Å². The Hall–Kier alpha value is -0.920. The van der Waals surface area contributed by atoms with E-state index < -0.39 is 10.0 Å². The maximum absolute atomic E-state index is 11.7. The number of sulfonamides is 1. The molecule has 6 nitrogen and oxygen atoms in total. The minimum absolute atomic E-state index is 0.181. The molecule has 1 fully saturated rings. The van der Waals surface area contributed by atoms with Crippen LogP contribution in [-0.2, 0) is 16.6 Å². The fraction of sp³-hybridized carbons (Fsp3) is 0.727. The van der Waals surface area contributed by atoms with Gasteiger partial charge in [-0.25, -0.2) is 18.1 Å². The van der Waals surface area contributed by atoms with Crippen LogP contribution < -0.4 is 10.0 Å². The van der Waals surface area contributed by atoms with Gasteiger partial charge >= 0.3 is 0 Å². The first-order chi connectivity index (χ1) is 8.66. The van der Waals surface area contributed by atoms with E-state index in [0.717, 1.165) is 13.0 Å². The van der Waals surface area contributed by atoms with E-state index in [-0.39, 0.29) is 12.3 Å². The molecule has 7 heteroatoms. The van der Waals surface area contributed by atoms with E-state index in [1.807, 2.05) is 0 Å². The van der Waals surface area contributed by atoms with Crippen LogP contribution in [0.1, 0.15) is 31.5 Å². The number of nitrogens with zero attached hydrogens (tertiary/aromatic N) is 1. The third-order valence-corrected chi connectivity index (χ3v) is 4.27. The van der Waals surface area contributed by atoms with Gasteiger partial charge in [-0.2, -0.15) is 0 Å². The van der Waals surface area contributed by atoms with Gasteiger partial charge in [0.15, 0.2) is 0 Å². The zero-order chi connectivity index (χ0) is 12.8. The van der Waals surface area contributed by atoms with E-state index in [2.05, 4.69) is 20.0 Å². The van der Waals surface area contributed by atoms with Crippen molar-refractivity contribution < 1.29 is 8.42 Å². The van der Waals surface area contributed by atoms with Crippen LogP contribution in [0.3, 0.4) is 0 Å². The smallest absolute Gasteiger partial charge is 0.212 e. The number of nitrogens with one attached hydrogen (secondary N) is 3. The van der Waals surface area contributed by atoms with Crippen LogP contribution in [-0.4, -0.2) is 36.7 Å². The van der Waals surface area contributed by atoms with Gasteiger partial charge in [0, 0.05) is 18.4 Å². The molecule has 0 bridgehead atoms. The van der Waals surface area contributed by atoms with Crippen molar-refractivity contribution in [2.75, 3.05) is 12.3 Å². The van der Waals surface area contributed by atoms with Gasteiger partial charge in [-0.05, 0) is 32.2 Å². The van der Waals surface area contributed by atoms with Crippen LogP contribution in [0.5, 0.6) is 0 Å². The van der Waals surface area contributed by atoms with Crippen molar-refractivity contribution in [3.05, 3.63) is 18.2 Å². The molecule has 1 saturated carbocycles. The van der Waals surface area contributed by atoms with Crippen molar-refractivity contribution in [1.82, 2.24) is 20.0 Å². The van der Waals surface area contributed by atoms with Gasteiger partial charge < -0.3 is 10.3 Å². The highest BCUT2D eigenvalue weighted by Gasteiger charge is 2.19. The maximum Gasteiger partial charge on any atom is 0.212 e. The summed E-state index contributed by atoms with van der Waals surface area (Å²) in [6.45, 7) is 1.15. The second-order valence-electron chi connectivity index (χ2n) is 4.61. The summed E-state index contributed by atoms with van der Waals surface area (Å²) in [6.07, 6.45) is 7.40. The summed E-state index contributed by atoms with van der Waals surface area (Å²) in [7, 11) is -3.18. The van der Waals surface area contributed by atoms with Gasteiger partial charge in [-0.3, -0.25) is 0 Å². The minimum atomic E-state index is -3.18. The topological polar surface area (TPSA) is 86.9 Å². The Labute approximate surface area is 108 Å². The third-order valence-electron chi connectivity index (χ3n) is 2.86. The molecule has 1 aromatic rings. The molecular formula is C11H20N4O2S. The van der Waals surface area contributed by atoms with E-state index in [0.29, 0.717) is 18.3 Å². The molecule has 0 amide bonds. The van der Waals surface area contributed by atoms with Gasteiger partial charge in [0.05, 0.1) is 12.3 Å². The van der Waals surface area contributed by atoms with Gasteiger partial charge in [-0.1, -0.05) is 0 Å². The highest BCUT2D eigenvalue weighted by molar-refractivity contribution is 7.89. The summed E-state index contributed by atoms with van der Waals surface area (Å²) in [6, 6.07) is 0.693. The number of rotatable bonds is 9. The molecule has 1 aliphatic rings. The van der Waals surface area contributed by atoms with Gasteiger partial charge in [0.2, 0.25) is 10.0 Å². The Kier molecular flexibility index (Phi) is 4.73. The number of aromatic amines is 1. The zero-order valence-electron chi connectivity index (χ0n) is 10.4. The van der Waals surface area contributed by atoms with Gasteiger partial charge in [0.1, 0.15) is 5.82 Å². The average molecular weight is 272 g/mol. The first-order valence-electron chi connectivity index (χ1n) is 6.35. The fourth-order valence-corrected chi connectivity index (χ4v) is 2.74. The SMILES string of the molecule is O=S(=O)(CCCCNC1CC1)NCc1ncc[nH]1. The van der Waals surface area contributed by atoms with Crippen molar-refractivity contribution >= 4 is 10.0 Å². The summed E-state index contributed by atoms with van der Waals surface area (Å²) < 4.78 is 25.9. The van der Waals surface area contributed by atoms with E-state index in [4.69, 9.17) is 0 Å². The molecule has 0 aromatic carbocycles. The monoisotopic (exact) mass is 272 g/mol. The van der Waals surface area contributed by atoms with Crippen LogP contribution in [0.2, 0.25) is 0 Å². The first kappa shape index (κ1) is 13.5. The second kappa shape index (κ2) is 6.31. The molecule has 2 rings (SSSR count). The van der Waals surface area contributed by atoms with Crippen molar-refractivity contribution in [2.24, 2.45) is 0 Å². The molecule has 18 heavy (non-hydrogen) atoms. The fourth-order valence-electron chi connectivity index (χ4n) is 1.66. The standard InChI is InChI=1S/C11H20N4O2S/c16-18(17,15-9-11-13-6-7-14-11)8-2-1-5-12-10-3-4-10/h6-7,10,12,15H,1-5,8-9H2,(H,13,14). The van der Waals surface area contributed by atoms with E-state index in [9.17, 15) is 8.42 Å². The van der Waals surface area contributed by atoms with Gasteiger partial charge in [0.25, 0.3) is 0 Å². The number of aromatic nitrogens is 2. The minimum Gasteiger partial charge on any atom is -0.347 e. The van der Waals surface area contributed by atoms with E-state index in [1.54, 1.807) is 12.4 Å². The van der Waals surface area contributed by atoms with Crippen LogP contribution in [0.15, 0.2) is 12.4 Å². The van der Waals surface area contributed by atoms with Crippen molar-refractivity contribution in [1.29, 1.82) is 0 Å². The molecule has 1 heterocycles. The van der Waals surface area contributed by atoms with E-state index in [1.165, 1.54) is 12.8 Å². The highest BCUT2D eigenvalue weighted by atomic mass is 32.2. The Bertz CT molecular complexity index is 440.